The Morgan fingerprint density at radius 2 is 2.21 bits per heavy atom. The second kappa shape index (κ2) is 8.65. The van der Waals surface area contributed by atoms with Gasteiger partial charge in [-0.1, -0.05) is 6.07 Å². The first-order valence-electron chi connectivity index (χ1n) is 10.2. The quantitative estimate of drug-likeness (QED) is 0.860. The summed E-state index contributed by atoms with van der Waals surface area (Å²) in [6, 6.07) is 7.33. The summed E-state index contributed by atoms with van der Waals surface area (Å²) in [6.07, 6.45) is 6.13. The highest BCUT2D eigenvalue weighted by molar-refractivity contribution is 5.95. The van der Waals surface area contributed by atoms with Crippen LogP contribution < -0.4 is 10.2 Å². The van der Waals surface area contributed by atoms with E-state index in [1.165, 1.54) is 0 Å². The largest absolute Gasteiger partial charge is 0.370 e. The van der Waals surface area contributed by atoms with Gasteiger partial charge in [-0.3, -0.25) is 9.48 Å². The summed E-state index contributed by atoms with van der Waals surface area (Å²) in [4.78, 5) is 28.6. The number of ether oxygens (including phenoxy) is 1. The Hall–Kier alpha value is -2.87. The van der Waals surface area contributed by atoms with Crippen molar-refractivity contribution in [1.29, 1.82) is 0 Å². The van der Waals surface area contributed by atoms with Crippen molar-refractivity contribution in [2.24, 2.45) is 0 Å². The number of piperidine rings is 1. The van der Waals surface area contributed by atoms with Crippen LogP contribution in [0.15, 0.2) is 36.7 Å². The maximum absolute atomic E-state index is 12.8. The Morgan fingerprint density at radius 3 is 3.00 bits per heavy atom. The van der Waals surface area contributed by atoms with Crippen molar-refractivity contribution in [3.05, 3.63) is 42.2 Å². The van der Waals surface area contributed by atoms with Crippen LogP contribution in [0, 0.1) is 0 Å². The molecule has 3 heterocycles. The molecule has 8 nitrogen and oxygen atoms in total. The highest BCUT2D eigenvalue weighted by Gasteiger charge is 2.27. The smallest absolute Gasteiger partial charge is 0.322 e. The van der Waals surface area contributed by atoms with Gasteiger partial charge in [0, 0.05) is 49.2 Å². The van der Waals surface area contributed by atoms with Crippen molar-refractivity contribution in [3.8, 4) is 0 Å². The van der Waals surface area contributed by atoms with Crippen LogP contribution in [0.5, 0.6) is 0 Å². The molecule has 4 rings (SSSR count). The molecule has 1 aromatic carbocycles. The molecule has 0 saturated carbocycles. The topological polar surface area (TPSA) is 79.7 Å². The van der Waals surface area contributed by atoms with E-state index in [-0.39, 0.29) is 18.0 Å². The number of morpholine rings is 1. The third kappa shape index (κ3) is 4.42. The molecule has 2 aliphatic heterocycles. The van der Waals surface area contributed by atoms with E-state index in [1.807, 2.05) is 42.1 Å². The number of nitrogens with zero attached hydrogens (tertiary/aromatic N) is 4. The number of aryl methyl sites for hydroxylation is 1. The van der Waals surface area contributed by atoms with E-state index in [1.54, 1.807) is 16.0 Å². The summed E-state index contributed by atoms with van der Waals surface area (Å²) in [5.74, 6) is 0.142. The van der Waals surface area contributed by atoms with Crippen LogP contribution >= 0.6 is 0 Å². The summed E-state index contributed by atoms with van der Waals surface area (Å²) >= 11 is 0. The van der Waals surface area contributed by atoms with Gasteiger partial charge in [0.2, 0.25) is 5.91 Å². The molecule has 2 saturated heterocycles. The standard InChI is InChI=1S/C21H27N5O3/c1-2-25-14-16(13-22-25)19-15-24(10-11-29-19)21(28)23-17-6-5-7-18(12-17)26-9-4-3-8-20(26)27/h5-7,12-14,19H,2-4,8-11,15H2,1H3,(H,23,28)/t19-/m0/s1. The number of carbonyl (C=O) groups excluding carboxylic acids is 2. The Labute approximate surface area is 170 Å². The SMILES string of the molecule is CCn1cc([C@@H]2CN(C(=O)Nc3cccc(N4CCCCC4=O)c3)CCO2)cn1. The fourth-order valence-electron chi connectivity index (χ4n) is 3.79. The molecule has 1 aromatic heterocycles. The molecule has 2 aliphatic rings. The third-order valence-electron chi connectivity index (χ3n) is 5.44. The van der Waals surface area contributed by atoms with Crippen molar-refractivity contribution in [2.75, 3.05) is 36.5 Å². The molecule has 8 heteroatoms. The van der Waals surface area contributed by atoms with Crippen molar-refractivity contribution in [3.63, 3.8) is 0 Å². The van der Waals surface area contributed by atoms with Crippen LogP contribution in [0.4, 0.5) is 16.2 Å². The lowest BCUT2D eigenvalue weighted by Crippen LogP contribution is -2.44. The van der Waals surface area contributed by atoms with E-state index in [0.717, 1.165) is 37.2 Å². The second-order valence-corrected chi connectivity index (χ2v) is 7.42. The van der Waals surface area contributed by atoms with Crippen molar-refractivity contribution >= 4 is 23.3 Å². The molecule has 0 radical (unpaired) electrons. The van der Waals surface area contributed by atoms with Gasteiger partial charge in [-0.15, -0.1) is 0 Å². The molecule has 1 N–H and O–H groups in total. The molecule has 0 bridgehead atoms. The number of hydrogen-bond donors (Lipinski definition) is 1. The summed E-state index contributed by atoms with van der Waals surface area (Å²) in [5.41, 5.74) is 2.50. The Kier molecular flexibility index (Phi) is 5.80. The lowest BCUT2D eigenvalue weighted by atomic mass is 10.1. The van der Waals surface area contributed by atoms with Gasteiger partial charge in [-0.05, 0) is 38.0 Å². The number of hydrogen-bond acceptors (Lipinski definition) is 4. The Balaban J connectivity index is 1.41. The maximum atomic E-state index is 12.8. The second-order valence-electron chi connectivity index (χ2n) is 7.42. The predicted octanol–water partition coefficient (Wildman–Crippen LogP) is 3.03. The van der Waals surface area contributed by atoms with Gasteiger partial charge in [0.15, 0.2) is 0 Å². The number of rotatable bonds is 4. The summed E-state index contributed by atoms with van der Waals surface area (Å²) in [7, 11) is 0. The van der Waals surface area contributed by atoms with Gasteiger partial charge >= 0.3 is 6.03 Å². The molecule has 2 fully saturated rings. The zero-order valence-electron chi connectivity index (χ0n) is 16.7. The van der Waals surface area contributed by atoms with Crippen LogP contribution in [0.2, 0.25) is 0 Å². The van der Waals surface area contributed by atoms with E-state index in [4.69, 9.17) is 4.74 Å². The molecular formula is C21H27N5O3. The van der Waals surface area contributed by atoms with Gasteiger partial charge in [-0.25, -0.2) is 4.79 Å². The van der Waals surface area contributed by atoms with Crippen LogP contribution in [-0.2, 0) is 16.1 Å². The molecule has 0 spiro atoms. The average Bonchev–Trinajstić information content (AvgIpc) is 3.24. The van der Waals surface area contributed by atoms with Crippen LogP contribution in [0.1, 0.15) is 37.9 Å². The average molecular weight is 397 g/mol. The first-order chi connectivity index (χ1) is 14.1. The molecule has 3 amide bonds. The van der Waals surface area contributed by atoms with E-state index in [0.29, 0.717) is 31.8 Å². The fourth-order valence-corrected chi connectivity index (χ4v) is 3.79. The van der Waals surface area contributed by atoms with E-state index >= 15 is 0 Å². The summed E-state index contributed by atoms with van der Waals surface area (Å²) in [5, 5.41) is 7.26. The third-order valence-corrected chi connectivity index (χ3v) is 5.44. The lowest BCUT2D eigenvalue weighted by Gasteiger charge is -2.32. The number of aromatic nitrogens is 2. The van der Waals surface area contributed by atoms with Gasteiger partial charge in [0.25, 0.3) is 0 Å². The van der Waals surface area contributed by atoms with E-state index < -0.39 is 0 Å². The number of benzene rings is 1. The first kappa shape index (κ1) is 19.4. The van der Waals surface area contributed by atoms with E-state index in [9.17, 15) is 9.59 Å². The highest BCUT2D eigenvalue weighted by Crippen LogP contribution is 2.25. The first-order valence-corrected chi connectivity index (χ1v) is 10.2. The predicted molar refractivity (Wildman–Crippen MR) is 110 cm³/mol. The van der Waals surface area contributed by atoms with Gasteiger partial charge in [0.1, 0.15) is 6.10 Å². The minimum atomic E-state index is -0.174. The molecule has 154 valence electrons. The van der Waals surface area contributed by atoms with Crippen LogP contribution in [0.25, 0.3) is 0 Å². The summed E-state index contributed by atoms with van der Waals surface area (Å²) < 4.78 is 7.70. The van der Waals surface area contributed by atoms with Gasteiger partial charge < -0.3 is 19.9 Å². The van der Waals surface area contributed by atoms with Crippen LogP contribution in [-0.4, -0.2) is 52.9 Å². The minimum Gasteiger partial charge on any atom is -0.370 e. The molecule has 0 unspecified atom stereocenters. The number of carbonyl (C=O) groups is 2. The Morgan fingerprint density at radius 1 is 1.31 bits per heavy atom. The number of nitrogens with one attached hydrogen (secondary N) is 1. The molecule has 1 atom stereocenters. The summed E-state index contributed by atoms with van der Waals surface area (Å²) in [6.45, 7) is 5.06. The zero-order chi connectivity index (χ0) is 20.2. The maximum Gasteiger partial charge on any atom is 0.322 e. The number of urea groups is 1. The Bertz CT molecular complexity index is 881. The van der Waals surface area contributed by atoms with Gasteiger partial charge in [-0.2, -0.15) is 5.10 Å². The van der Waals surface area contributed by atoms with Crippen molar-refractivity contribution < 1.29 is 14.3 Å². The molecule has 0 aliphatic carbocycles. The fraction of sp³-hybridized carbons (Fsp3) is 0.476. The molecule has 29 heavy (non-hydrogen) atoms. The normalized spacial score (nSPS) is 20.0. The number of amides is 3. The highest BCUT2D eigenvalue weighted by atomic mass is 16.5. The lowest BCUT2D eigenvalue weighted by molar-refractivity contribution is -0.119. The molecule has 2 aromatic rings. The number of anilines is 2. The van der Waals surface area contributed by atoms with E-state index in [2.05, 4.69) is 10.4 Å². The van der Waals surface area contributed by atoms with Gasteiger partial charge in [0.05, 0.1) is 19.3 Å². The molecular weight excluding hydrogens is 370 g/mol. The van der Waals surface area contributed by atoms with Crippen molar-refractivity contribution in [1.82, 2.24) is 14.7 Å². The van der Waals surface area contributed by atoms with Crippen LogP contribution in [0.3, 0.4) is 0 Å². The minimum absolute atomic E-state index is 0.142. The monoisotopic (exact) mass is 397 g/mol. The van der Waals surface area contributed by atoms with Crippen molar-refractivity contribution in [2.45, 2.75) is 38.8 Å². The zero-order valence-corrected chi connectivity index (χ0v) is 16.7.